The third-order valence-corrected chi connectivity index (χ3v) is 3.24. The quantitative estimate of drug-likeness (QED) is 0.772. The summed E-state index contributed by atoms with van der Waals surface area (Å²) in [6, 6.07) is 7.97. The summed E-state index contributed by atoms with van der Waals surface area (Å²) in [4.78, 5) is 14.2. The lowest BCUT2D eigenvalue weighted by atomic mass is 10.1. The van der Waals surface area contributed by atoms with E-state index in [0.717, 1.165) is 17.7 Å². The van der Waals surface area contributed by atoms with Crippen molar-refractivity contribution in [1.82, 2.24) is 4.90 Å². The highest BCUT2D eigenvalue weighted by Gasteiger charge is 2.19. The van der Waals surface area contributed by atoms with Gasteiger partial charge in [-0.15, -0.1) is 0 Å². The lowest BCUT2D eigenvalue weighted by molar-refractivity contribution is -0.131. The smallest absolute Gasteiger partial charge is 0.245 e. The Labute approximate surface area is 122 Å². The Bertz CT molecular complexity index is 468. The molecule has 0 spiro atoms. The number of amides is 1. The molecule has 0 bridgehead atoms. The first-order valence-electron chi connectivity index (χ1n) is 7.26. The maximum absolute atomic E-state index is 12.4. The van der Waals surface area contributed by atoms with Crippen molar-refractivity contribution >= 4 is 11.6 Å². The molecule has 1 atom stereocenters. The van der Waals surface area contributed by atoms with Crippen LogP contribution in [0.4, 0.5) is 5.69 Å². The maximum Gasteiger partial charge on any atom is 0.245 e. The van der Waals surface area contributed by atoms with Crippen LogP contribution >= 0.6 is 0 Å². The molecule has 110 valence electrons. The van der Waals surface area contributed by atoms with Crippen LogP contribution < -0.4 is 5.32 Å². The Morgan fingerprint density at radius 3 is 2.65 bits per heavy atom. The lowest BCUT2D eigenvalue weighted by Gasteiger charge is -2.25. The van der Waals surface area contributed by atoms with Gasteiger partial charge in [-0.1, -0.05) is 31.2 Å². The lowest BCUT2D eigenvalue weighted by Crippen LogP contribution is -2.42. The summed E-state index contributed by atoms with van der Waals surface area (Å²) >= 11 is 0. The normalized spacial score (nSPS) is 11.8. The monoisotopic (exact) mass is 274 g/mol. The molecule has 0 aromatic heterocycles. The third-order valence-electron chi connectivity index (χ3n) is 3.24. The number of rotatable bonds is 7. The summed E-state index contributed by atoms with van der Waals surface area (Å²) < 4.78 is 0. The van der Waals surface area contributed by atoms with Gasteiger partial charge in [-0.3, -0.25) is 4.79 Å². The fourth-order valence-electron chi connectivity index (χ4n) is 2.14. The number of likely N-dealkylation sites (N-methyl/N-ethyl adjacent to an activating group) is 1. The number of aryl methyl sites for hydroxylation is 1. The second kappa shape index (κ2) is 7.73. The van der Waals surface area contributed by atoms with Gasteiger partial charge in [-0.2, -0.15) is 0 Å². The van der Waals surface area contributed by atoms with Crippen LogP contribution in [0.15, 0.2) is 36.4 Å². The second-order valence-corrected chi connectivity index (χ2v) is 5.23. The molecule has 0 fully saturated rings. The molecule has 1 aromatic rings. The molecular formula is C17H26N2O. The molecule has 0 saturated carbocycles. The van der Waals surface area contributed by atoms with Crippen molar-refractivity contribution in [3.8, 4) is 0 Å². The van der Waals surface area contributed by atoms with Gasteiger partial charge >= 0.3 is 0 Å². The van der Waals surface area contributed by atoms with Crippen LogP contribution in [0.25, 0.3) is 0 Å². The summed E-state index contributed by atoms with van der Waals surface area (Å²) in [6.45, 7) is 13.2. The van der Waals surface area contributed by atoms with E-state index in [9.17, 15) is 4.79 Å². The van der Waals surface area contributed by atoms with E-state index in [1.807, 2.05) is 37.8 Å². The highest BCUT2D eigenvalue weighted by atomic mass is 16.2. The predicted octanol–water partition coefficient (Wildman–Crippen LogP) is 3.47. The molecule has 0 heterocycles. The highest BCUT2D eigenvalue weighted by molar-refractivity contribution is 5.84. The van der Waals surface area contributed by atoms with Gasteiger partial charge in [0.15, 0.2) is 0 Å². The summed E-state index contributed by atoms with van der Waals surface area (Å²) in [5, 5.41) is 3.28. The van der Waals surface area contributed by atoms with E-state index in [-0.39, 0.29) is 11.9 Å². The Hall–Kier alpha value is -1.77. The molecule has 1 amide bonds. The van der Waals surface area contributed by atoms with Gasteiger partial charge < -0.3 is 10.2 Å². The van der Waals surface area contributed by atoms with Crippen molar-refractivity contribution in [3.63, 3.8) is 0 Å². The van der Waals surface area contributed by atoms with Crippen molar-refractivity contribution < 1.29 is 4.79 Å². The first-order valence-corrected chi connectivity index (χ1v) is 7.26. The minimum atomic E-state index is -0.235. The zero-order valence-electron chi connectivity index (χ0n) is 13.1. The molecule has 0 aliphatic heterocycles. The highest BCUT2D eigenvalue weighted by Crippen LogP contribution is 2.13. The van der Waals surface area contributed by atoms with Gasteiger partial charge in [0.1, 0.15) is 6.04 Å². The van der Waals surface area contributed by atoms with E-state index in [0.29, 0.717) is 13.1 Å². The summed E-state index contributed by atoms with van der Waals surface area (Å²) in [5.41, 5.74) is 3.26. The Kier molecular flexibility index (Phi) is 6.29. The van der Waals surface area contributed by atoms with Crippen molar-refractivity contribution in [2.75, 3.05) is 18.4 Å². The topological polar surface area (TPSA) is 32.3 Å². The number of carbonyl (C=O) groups excluding carboxylic acids is 1. The molecule has 20 heavy (non-hydrogen) atoms. The molecule has 0 radical (unpaired) electrons. The van der Waals surface area contributed by atoms with Gasteiger partial charge in [0, 0.05) is 18.8 Å². The number of nitrogens with one attached hydrogen (secondary N) is 1. The molecular weight excluding hydrogens is 248 g/mol. The van der Waals surface area contributed by atoms with Gasteiger partial charge in [-0.05, 0) is 44.9 Å². The number of carbonyl (C=O) groups is 1. The van der Waals surface area contributed by atoms with Crippen LogP contribution in [-0.4, -0.2) is 29.9 Å². The molecule has 3 nitrogen and oxygen atoms in total. The zero-order valence-corrected chi connectivity index (χ0v) is 13.1. The van der Waals surface area contributed by atoms with E-state index in [1.54, 1.807) is 0 Å². The number of benzene rings is 1. The average Bonchev–Trinajstić information content (AvgIpc) is 2.43. The van der Waals surface area contributed by atoms with Crippen LogP contribution in [0.5, 0.6) is 0 Å². The number of nitrogens with zero attached hydrogens (tertiary/aromatic N) is 1. The van der Waals surface area contributed by atoms with Crippen LogP contribution in [0.2, 0.25) is 0 Å². The van der Waals surface area contributed by atoms with Crippen molar-refractivity contribution in [3.05, 3.63) is 42.0 Å². The minimum Gasteiger partial charge on any atom is -0.374 e. The van der Waals surface area contributed by atoms with Gasteiger partial charge in [0.25, 0.3) is 0 Å². The maximum atomic E-state index is 12.4. The fraction of sp³-hybridized carbons (Fsp3) is 0.471. The summed E-state index contributed by atoms with van der Waals surface area (Å²) in [7, 11) is 0. The van der Waals surface area contributed by atoms with Gasteiger partial charge in [0.2, 0.25) is 5.91 Å². The Morgan fingerprint density at radius 2 is 2.10 bits per heavy atom. The SMILES string of the molecule is C=C(C)CN(CC)C(=O)C(C)Nc1cccc(CC)c1. The first-order chi connectivity index (χ1) is 9.47. The zero-order chi connectivity index (χ0) is 15.1. The number of anilines is 1. The fourth-order valence-corrected chi connectivity index (χ4v) is 2.14. The first kappa shape index (κ1) is 16.3. The molecule has 1 N–H and O–H groups in total. The van der Waals surface area contributed by atoms with Crippen LogP contribution in [-0.2, 0) is 11.2 Å². The molecule has 0 aliphatic rings. The van der Waals surface area contributed by atoms with Crippen LogP contribution in [0.3, 0.4) is 0 Å². The van der Waals surface area contributed by atoms with Crippen LogP contribution in [0.1, 0.15) is 33.3 Å². The number of hydrogen-bond acceptors (Lipinski definition) is 2. The van der Waals surface area contributed by atoms with E-state index in [1.165, 1.54) is 5.56 Å². The molecule has 1 unspecified atom stereocenters. The summed E-state index contributed by atoms with van der Waals surface area (Å²) in [5.74, 6) is 0.109. The van der Waals surface area contributed by atoms with Crippen molar-refractivity contribution in [2.45, 2.75) is 40.2 Å². The van der Waals surface area contributed by atoms with Gasteiger partial charge in [-0.25, -0.2) is 0 Å². The van der Waals surface area contributed by atoms with Gasteiger partial charge in [0.05, 0.1) is 0 Å². The molecule has 1 aromatic carbocycles. The summed E-state index contributed by atoms with van der Waals surface area (Å²) in [6.07, 6.45) is 0.995. The minimum absolute atomic E-state index is 0.109. The van der Waals surface area contributed by atoms with E-state index in [4.69, 9.17) is 0 Å². The van der Waals surface area contributed by atoms with Crippen molar-refractivity contribution in [1.29, 1.82) is 0 Å². The number of hydrogen-bond donors (Lipinski definition) is 1. The Balaban J connectivity index is 2.70. The second-order valence-electron chi connectivity index (χ2n) is 5.23. The molecule has 3 heteroatoms. The standard InChI is InChI=1S/C17H26N2O/c1-6-15-9-8-10-16(11-15)18-14(5)17(20)19(7-2)12-13(3)4/h8-11,14,18H,3,6-7,12H2,1-2,4-5H3. The van der Waals surface area contributed by atoms with E-state index < -0.39 is 0 Å². The largest absolute Gasteiger partial charge is 0.374 e. The molecule has 0 saturated heterocycles. The molecule has 0 aliphatic carbocycles. The average molecular weight is 274 g/mol. The van der Waals surface area contributed by atoms with E-state index >= 15 is 0 Å². The van der Waals surface area contributed by atoms with Crippen LogP contribution in [0, 0.1) is 0 Å². The molecule has 1 rings (SSSR count). The predicted molar refractivity (Wildman–Crippen MR) is 86.0 cm³/mol. The van der Waals surface area contributed by atoms with Crippen molar-refractivity contribution in [2.24, 2.45) is 0 Å². The van der Waals surface area contributed by atoms with E-state index in [2.05, 4.69) is 31.0 Å². The third kappa shape index (κ3) is 4.72. The Morgan fingerprint density at radius 1 is 1.40 bits per heavy atom.